The van der Waals surface area contributed by atoms with Crippen molar-refractivity contribution in [3.63, 3.8) is 0 Å². The molecular weight excluding hydrogens is 341 g/mol. The Morgan fingerprint density at radius 2 is 1.64 bits per heavy atom. The summed E-state index contributed by atoms with van der Waals surface area (Å²) < 4.78 is 38.8. The van der Waals surface area contributed by atoms with Gasteiger partial charge in [-0.3, -0.25) is 0 Å². The van der Waals surface area contributed by atoms with Gasteiger partial charge in [0.1, 0.15) is 0 Å². The maximum absolute atomic E-state index is 12.9. The zero-order valence-electron chi connectivity index (χ0n) is 14.0. The Balaban J connectivity index is 3.33. The Labute approximate surface area is 143 Å². The van der Waals surface area contributed by atoms with Gasteiger partial charge in [-0.05, 0) is 29.5 Å². The first kappa shape index (κ1) is 20.6. The van der Waals surface area contributed by atoms with Gasteiger partial charge in [-0.15, -0.1) is 0 Å². The largest absolute Gasteiger partial charge is 0.465 e. The first-order chi connectivity index (χ1) is 11.3. The Bertz CT molecular complexity index is 627. The summed E-state index contributed by atoms with van der Waals surface area (Å²) in [6.45, 7) is 5.44. The smallest absolute Gasteiger partial charge is 0.416 e. The van der Waals surface area contributed by atoms with Crippen LogP contribution in [0.3, 0.4) is 0 Å². The van der Waals surface area contributed by atoms with Crippen molar-refractivity contribution >= 4 is 12.2 Å². The molecule has 0 aliphatic heterocycles. The number of carbonyl (C=O) groups is 2. The zero-order chi connectivity index (χ0) is 19.4. The Kier molecular flexibility index (Phi) is 6.28. The van der Waals surface area contributed by atoms with Crippen molar-refractivity contribution in [3.05, 3.63) is 35.4 Å². The van der Waals surface area contributed by atoms with Gasteiger partial charge in [-0.25, -0.2) is 9.59 Å². The highest BCUT2D eigenvalue weighted by Crippen LogP contribution is 2.33. The summed E-state index contributed by atoms with van der Waals surface area (Å²) in [6, 6.07) is 2.05. The van der Waals surface area contributed by atoms with Gasteiger partial charge in [-0.1, -0.05) is 32.9 Å². The van der Waals surface area contributed by atoms with Crippen molar-refractivity contribution in [1.29, 1.82) is 0 Å². The van der Waals surface area contributed by atoms with Crippen LogP contribution >= 0.6 is 0 Å². The molecule has 1 aromatic rings. The van der Waals surface area contributed by atoms with Crippen LogP contribution in [0, 0.1) is 5.41 Å². The number of amides is 2. The van der Waals surface area contributed by atoms with Crippen LogP contribution < -0.4 is 10.6 Å². The molecule has 0 saturated heterocycles. The van der Waals surface area contributed by atoms with Gasteiger partial charge in [0, 0.05) is 0 Å². The molecule has 2 unspecified atom stereocenters. The minimum absolute atomic E-state index is 0.0280. The van der Waals surface area contributed by atoms with Gasteiger partial charge < -0.3 is 20.8 Å². The number of hydrogen-bond acceptors (Lipinski definition) is 2. The van der Waals surface area contributed by atoms with Gasteiger partial charge in [0.2, 0.25) is 0 Å². The Morgan fingerprint density at radius 1 is 1.08 bits per heavy atom. The molecular formula is C16H21F3N2O4. The van der Waals surface area contributed by atoms with Crippen LogP contribution in [0.5, 0.6) is 0 Å². The average molecular weight is 362 g/mol. The molecule has 0 bridgehead atoms. The van der Waals surface area contributed by atoms with E-state index in [1.807, 2.05) is 20.8 Å². The topological polar surface area (TPSA) is 98.7 Å². The van der Waals surface area contributed by atoms with Crippen LogP contribution in [0.25, 0.3) is 0 Å². The second-order valence-corrected chi connectivity index (χ2v) is 6.87. The fourth-order valence-corrected chi connectivity index (χ4v) is 2.53. The lowest BCUT2D eigenvalue weighted by Crippen LogP contribution is -2.47. The number of carboxylic acid groups (broad SMARTS) is 2. The molecule has 4 N–H and O–H groups in total. The first-order valence-corrected chi connectivity index (χ1v) is 7.45. The zero-order valence-corrected chi connectivity index (χ0v) is 14.0. The van der Waals surface area contributed by atoms with Crippen LogP contribution in [0.2, 0.25) is 0 Å². The standard InChI is InChI=1S/C16H21F3N2O4/c1-15(2,3)8-11(20-13(22)23)12(21-14(24)25)9-5-4-6-10(7-9)16(17,18)19/h4-7,11-12,20-21H,8H2,1-3H3,(H,22,23)(H,24,25). The quantitative estimate of drug-likeness (QED) is 0.634. The predicted molar refractivity (Wildman–Crippen MR) is 84.4 cm³/mol. The molecule has 6 nitrogen and oxygen atoms in total. The van der Waals surface area contributed by atoms with E-state index in [0.29, 0.717) is 0 Å². The number of rotatable bonds is 5. The van der Waals surface area contributed by atoms with E-state index in [9.17, 15) is 22.8 Å². The lowest BCUT2D eigenvalue weighted by molar-refractivity contribution is -0.137. The molecule has 0 fully saturated rings. The van der Waals surface area contributed by atoms with E-state index in [-0.39, 0.29) is 12.0 Å². The monoisotopic (exact) mass is 362 g/mol. The summed E-state index contributed by atoms with van der Waals surface area (Å²) in [4.78, 5) is 22.2. The summed E-state index contributed by atoms with van der Waals surface area (Å²) in [6.07, 6.45) is -7.24. The Morgan fingerprint density at radius 3 is 2.08 bits per heavy atom. The normalized spacial score (nSPS) is 14.5. The second kappa shape index (κ2) is 7.62. The van der Waals surface area contributed by atoms with E-state index in [4.69, 9.17) is 10.2 Å². The molecule has 25 heavy (non-hydrogen) atoms. The van der Waals surface area contributed by atoms with E-state index in [1.54, 1.807) is 0 Å². The van der Waals surface area contributed by atoms with Gasteiger partial charge in [0.05, 0.1) is 17.6 Å². The molecule has 0 aromatic heterocycles. The van der Waals surface area contributed by atoms with Crippen molar-refractivity contribution in [2.24, 2.45) is 5.41 Å². The maximum Gasteiger partial charge on any atom is 0.416 e. The summed E-state index contributed by atoms with van der Waals surface area (Å²) in [5.74, 6) is 0. The maximum atomic E-state index is 12.9. The average Bonchev–Trinajstić information content (AvgIpc) is 2.41. The molecule has 0 aliphatic carbocycles. The van der Waals surface area contributed by atoms with Crippen molar-refractivity contribution in [2.45, 2.75) is 45.5 Å². The Hall–Kier alpha value is -2.45. The second-order valence-electron chi connectivity index (χ2n) is 6.87. The van der Waals surface area contributed by atoms with E-state index in [2.05, 4.69) is 10.6 Å². The highest BCUT2D eigenvalue weighted by atomic mass is 19.4. The highest BCUT2D eigenvalue weighted by molar-refractivity contribution is 5.67. The lowest BCUT2D eigenvalue weighted by atomic mass is 9.83. The number of halogens is 3. The highest BCUT2D eigenvalue weighted by Gasteiger charge is 2.34. The third-order valence-electron chi connectivity index (χ3n) is 3.40. The number of hydrogen-bond donors (Lipinski definition) is 4. The molecule has 0 spiro atoms. The SMILES string of the molecule is CC(C)(C)CC(NC(=O)O)C(NC(=O)O)c1cccc(C(F)(F)F)c1. The molecule has 2 atom stereocenters. The van der Waals surface area contributed by atoms with E-state index >= 15 is 0 Å². The van der Waals surface area contributed by atoms with Crippen molar-refractivity contribution in [2.75, 3.05) is 0 Å². The van der Waals surface area contributed by atoms with Crippen LogP contribution in [0.4, 0.5) is 22.8 Å². The molecule has 0 saturated carbocycles. The van der Waals surface area contributed by atoms with Crippen molar-refractivity contribution in [3.8, 4) is 0 Å². The molecule has 9 heteroatoms. The third kappa shape index (κ3) is 6.90. The predicted octanol–water partition coefficient (Wildman–Crippen LogP) is 4.09. The molecule has 140 valence electrons. The number of nitrogens with one attached hydrogen (secondary N) is 2. The van der Waals surface area contributed by atoms with E-state index in [1.165, 1.54) is 6.07 Å². The van der Waals surface area contributed by atoms with Crippen LogP contribution in [0.1, 0.15) is 44.4 Å². The van der Waals surface area contributed by atoms with Crippen LogP contribution in [0.15, 0.2) is 24.3 Å². The number of alkyl halides is 3. The molecule has 1 rings (SSSR count). The van der Waals surface area contributed by atoms with Crippen molar-refractivity contribution in [1.82, 2.24) is 10.6 Å². The molecule has 2 amide bonds. The van der Waals surface area contributed by atoms with Gasteiger partial charge in [-0.2, -0.15) is 13.2 Å². The van der Waals surface area contributed by atoms with E-state index in [0.717, 1.165) is 18.2 Å². The minimum atomic E-state index is -4.59. The van der Waals surface area contributed by atoms with Gasteiger partial charge in [0.15, 0.2) is 0 Å². The fraction of sp³-hybridized carbons (Fsp3) is 0.500. The molecule has 1 aromatic carbocycles. The fourth-order valence-electron chi connectivity index (χ4n) is 2.53. The van der Waals surface area contributed by atoms with Crippen LogP contribution in [-0.2, 0) is 6.18 Å². The minimum Gasteiger partial charge on any atom is -0.465 e. The summed E-state index contributed by atoms with van der Waals surface area (Å²) in [7, 11) is 0. The summed E-state index contributed by atoms with van der Waals surface area (Å²) >= 11 is 0. The third-order valence-corrected chi connectivity index (χ3v) is 3.40. The first-order valence-electron chi connectivity index (χ1n) is 7.45. The van der Waals surface area contributed by atoms with Gasteiger partial charge in [0.25, 0.3) is 0 Å². The summed E-state index contributed by atoms with van der Waals surface area (Å²) in [5, 5.41) is 22.4. The van der Waals surface area contributed by atoms with E-state index < -0.39 is 41.4 Å². The van der Waals surface area contributed by atoms with Crippen molar-refractivity contribution < 1.29 is 33.0 Å². The molecule has 0 radical (unpaired) electrons. The summed E-state index contributed by atoms with van der Waals surface area (Å²) in [5.41, 5.74) is -1.31. The van der Waals surface area contributed by atoms with Crippen LogP contribution in [-0.4, -0.2) is 28.4 Å². The lowest BCUT2D eigenvalue weighted by Gasteiger charge is -2.32. The molecule has 0 heterocycles. The van der Waals surface area contributed by atoms with Gasteiger partial charge >= 0.3 is 18.4 Å². The number of benzene rings is 1. The molecule has 0 aliphatic rings.